The van der Waals surface area contributed by atoms with Crippen LogP contribution in [0.25, 0.3) is 0 Å². The molecule has 0 aliphatic rings. The van der Waals surface area contributed by atoms with Gasteiger partial charge in [-0.15, -0.1) is 4.99 Å². The molecule has 3 N–H and O–H groups in total. The third kappa shape index (κ3) is 7.62. The summed E-state index contributed by atoms with van der Waals surface area (Å²) in [5.74, 6) is 0.289. The standard InChI is InChI=1S/C23H26N4O7/c1-5-19(28)14-7-9-15(10-8-14)34-16-11-12-17(24-20(29)6-2)18(13-16)25-21(26-22(30)32-3)27-23(31)33-4/h7-13H,5-6H2,1-4H3,(H,24,29)(H2,25,26,27,30,31). The molecule has 2 aromatic carbocycles. The molecule has 180 valence electrons. The van der Waals surface area contributed by atoms with E-state index in [2.05, 4.69) is 30.4 Å². The van der Waals surface area contributed by atoms with Crippen molar-refractivity contribution in [2.24, 2.45) is 4.99 Å². The Balaban J connectivity index is 2.38. The summed E-state index contributed by atoms with van der Waals surface area (Å²) >= 11 is 0. The van der Waals surface area contributed by atoms with Gasteiger partial charge >= 0.3 is 12.2 Å². The zero-order chi connectivity index (χ0) is 25.1. The van der Waals surface area contributed by atoms with Gasteiger partial charge in [-0.3, -0.25) is 14.9 Å². The summed E-state index contributed by atoms with van der Waals surface area (Å²) in [6, 6.07) is 11.4. The Morgan fingerprint density at radius 3 is 2.09 bits per heavy atom. The van der Waals surface area contributed by atoms with Crippen molar-refractivity contribution in [2.75, 3.05) is 24.9 Å². The second kappa shape index (κ2) is 12.6. The number of nitrogens with one attached hydrogen (secondary N) is 3. The van der Waals surface area contributed by atoms with E-state index in [0.29, 0.717) is 29.2 Å². The molecule has 11 nitrogen and oxygen atoms in total. The summed E-state index contributed by atoms with van der Waals surface area (Å²) in [6.07, 6.45) is -1.24. The van der Waals surface area contributed by atoms with Crippen LogP contribution in [0.4, 0.5) is 21.0 Å². The van der Waals surface area contributed by atoms with Gasteiger partial charge in [0.1, 0.15) is 11.5 Å². The predicted octanol–water partition coefficient (Wildman–Crippen LogP) is 4.31. The highest BCUT2D eigenvalue weighted by atomic mass is 16.5. The van der Waals surface area contributed by atoms with Crippen molar-refractivity contribution in [2.45, 2.75) is 26.7 Å². The number of methoxy groups -OCH3 is 2. The Kier molecular flexibility index (Phi) is 9.56. The fraction of sp³-hybridized carbons (Fsp3) is 0.261. The molecule has 0 heterocycles. The molecule has 0 radical (unpaired) electrons. The zero-order valence-corrected chi connectivity index (χ0v) is 19.3. The number of rotatable bonds is 7. The van der Waals surface area contributed by atoms with Crippen LogP contribution in [-0.4, -0.2) is 44.1 Å². The summed E-state index contributed by atoms with van der Waals surface area (Å²) < 4.78 is 14.9. The first-order chi connectivity index (χ1) is 16.3. The quantitative estimate of drug-likeness (QED) is 0.308. The van der Waals surface area contributed by atoms with Gasteiger partial charge in [-0.2, -0.15) is 0 Å². The molecule has 3 amide bonds. The van der Waals surface area contributed by atoms with E-state index in [4.69, 9.17) is 4.74 Å². The first kappa shape index (κ1) is 25.8. The SMILES string of the molecule is CCC(=O)Nc1ccc(Oc2ccc(C(=O)CC)cc2)cc1NC(=NC(=O)OC)NC(=O)OC. The molecule has 0 aromatic heterocycles. The van der Waals surface area contributed by atoms with Crippen molar-refractivity contribution in [1.29, 1.82) is 0 Å². The number of amides is 3. The van der Waals surface area contributed by atoms with Crippen molar-refractivity contribution >= 4 is 41.2 Å². The monoisotopic (exact) mass is 470 g/mol. The number of carbonyl (C=O) groups excluding carboxylic acids is 4. The molecule has 0 saturated carbocycles. The Labute approximate surface area is 196 Å². The Hall–Kier alpha value is -4.41. The van der Waals surface area contributed by atoms with Crippen LogP contribution in [0.1, 0.15) is 37.0 Å². The molecular weight excluding hydrogens is 444 g/mol. The second-order valence-corrected chi connectivity index (χ2v) is 6.68. The van der Waals surface area contributed by atoms with Gasteiger partial charge < -0.3 is 24.8 Å². The highest BCUT2D eigenvalue weighted by Crippen LogP contribution is 2.30. The second-order valence-electron chi connectivity index (χ2n) is 6.68. The van der Waals surface area contributed by atoms with Gasteiger partial charge in [0, 0.05) is 24.5 Å². The van der Waals surface area contributed by atoms with Gasteiger partial charge in [-0.05, 0) is 36.4 Å². The molecule has 0 aliphatic carbocycles. The Morgan fingerprint density at radius 1 is 0.824 bits per heavy atom. The number of anilines is 2. The van der Waals surface area contributed by atoms with E-state index in [-0.39, 0.29) is 29.8 Å². The third-order valence-corrected chi connectivity index (χ3v) is 4.36. The topological polar surface area (TPSA) is 144 Å². The molecule has 11 heteroatoms. The largest absolute Gasteiger partial charge is 0.457 e. The zero-order valence-electron chi connectivity index (χ0n) is 19.3. The van der Waals surface area contributed by atoms with Crippen LogP contribution in [-0.2, 0) is 14.3 Å². The maximum Gasteiger partial charge on any atom is 0.436 e. The maximum atomic E-state index is 12.0. The van der Waals surface area contributed by atoms with Gasteiger partial charge in [0.2, 0.25) is 11.9 Å². The van der Waals surface area contributed by atoms with E-state index in [1.54, 1.807) is 50.2 Å². The van der Waals surface area contributed by atoms with Crippen LogP contribution in [0, 0.1) is 0 Å². The smallest absolute Gasteiger partial charge is 0.436 e. The third-order valence-electron chi connectivity index (χ3n) is 4.36. The lowest BCUT2D eigenvalue weighted by molar-refractivity contribution is -0.115. The number of benzene rings is 2. The van der Waals surface area contributed by atoms with E-state index in [1.165, 1.54) is 6.07 Å². The number of ketones is 1. The number of hydrogen-bond donors (Lipinski definition) is 3. The van der Waals surface area contributed by atoms with Crippen molar-refractivity contribution in [3.05, 3.63) is 48.0 Å². The number of aliphatic imine (C=N–C) groups is 1. The fourth-order valence-electron chi connectivity index (χ4n) is 2.59. The van der Waals surface area contributed by atoms with Gasteiger partial charge in [-0.25, -0.2) is 9.59 Å². The summed E-state index contributed by atoms with van der Waals surface area (Å²) in [6.45, 7) is 3.47. The summed E-state index contributed by atoms with van der Waals surface area (Å²) in [7, 11) is 2.27. The first-order valence-corrected chi connectivity index (χ1v) is 10.3. The molecule has 34 heavy (non-hydrogen) atoms. The van der Waals surface area contributed by atoms with E-state index < -0.39 is 12.2 Å². The van der Waals surface area contributed by atoms with Crippen LogP contribution < -0.4 is 20.7 Å². The molecule has 0 atom stereocenters. The van der Waals surface area contributed by atoms with Crippen LogP contribution in [0.5, 0.6) is 11.5 Å². The minimum Gasteiger partial charge on any atom is -0.457 e. The normalized spacial score (nSPS) is 10.6. The molecule has 0 saturated heterocycles. The minimum atomic E-state index is -0.979. The molecule has 0 spiro atoms. The van der Waals surface area contributed by atoms with E-state index in [0.717, 1.165) is 14.2 Å². The highest BCUT2D eigenvalue weighted by Gasteiger charge is 2.14. The van der Waals surface area contributed by atoms with Gasteiger partial charge in [0.05, 0.1) is 25.6 Å². The maximum absolute atomic E-state index is 12.0. The van der Waals surface area contributed by atoms with Crippen LogP contribution in [0.3, 0.4) is 0 Å². The number of guanidine groups is 1. The predicted molar refractivity (Wildman–Crippen MR) is 126 cm³/mol. The van der Waals surface area contributed by atoms with E-state index in [9.17, 15) is 19.2 Å². The fourth-order valence-corrected chi connectivity index (χ4v) is 2.59. The Morgan fingerprint density at radius 2 is 1.50 bits per heavy atom. The summed E-state index contributed by atoms with van der Waals surface area (Å²) in [5, 5.41) is 7.73. The van der Waals surface area contributed by atoms with Crippen molar-refractivity contribution < 1.29 is 33.4 Å². The average molecular weight is 470 g/mol. The molecule has 0 unspecified atom stereocenters. The number of Topliss-reactive ketones (excluding diaryl/α,β-unsaturated/α-hetero) is 1. The van der Waals surface area contributed by atoms with Gasteiger partial charge in [0.25, 0.3) is 0 Å². The highest BCUT2D eigenvalue weighted by molar-refractivity contribution is 6.08. The van der Waals surface area contributed by atoms with Crippen molar-refractivity contribution in [1.82, 2.24) is 5.32 Å². The molecule has 2 aromatic rings. The summed E-state index contributed by atoms with van der Waals surface area (Å²) in [5.41, 5.74) is 1.18. The van der Waals surface area contributed by atoms with Gasteiger partial charge in [-0.1, -0.05) is 13.8 Å². The average Bonchev–Trinajstić information content (AvgIpc) is 2.85. The summed E-state index contributed by atoms with van der Waals surface area (Å²) in [4.78, 5) is 50.7. The van der Waals surface area contributed by atoms with Crippen molar-refractivity contribution in [3.63, 3.8) is 0 Å². The van der Waals surface area contributed by atoms with Crippen LogP contribution >= 0.6 is 0 Å². The number of hydrogen-bond acceptors (Lipinski definition) is 7. The van der Waals surface area contributed by atoms with Crippen LogP contribution in [0.15, 0.2) is 47.5 Å². The number of carbonyl (C=O) groups is 4. The minimum absolute atomic E-state index is 0.0181. The molecule has 2 rings (SSSR count). The molecular formula is C23H26N4O7. The lowest BCUT2D eigenvalue weighted by Gasteiger charge is -2.16. The molecule has 0 fully saturated rings. The molecule has 0 aliphatic heterocycles. The lowest BCUT2D eigenvalue weighted by Crippen LogP contribution is -2.36. The number of ether oxygens (including phenoxy) is 3. The van der Waals surface area contributed by atoms with Gasteiger partial charge in [0.15, 0.2) is 5.78 Å². The van der Waals surface area contributed by atoms with Crippen molar-refractivity contribution in [3.8, 4) is 11.5 Å². The Bertz CT molecular complexity index is 1080. The van der Waals surface area contributed by atoms with E-state index >= 15 is 0 Å². The number of alkyl carbamates (subject to hydrolysis) is 1. The van der Waals surface area contributed by atoms with Crippen LogP contribution in [0.2, 0.25) is 0 Å². The lowest BCUT2D eigenvalue weighted by atomic mass is 10.1. The molecule has 0 bridgehead atoms. The number of nitrogens with zero attached hydrogens (tertiary/aromatic N) is 1. The first-order valence-electron chi connectivity index (χ1n) is 10.3. The van der Waals surface area contributed by atoms with E-state index in [1.807, 2.05) is 0 Å².